The van der Waals surface area contributed by atoms with Crippen LogP contribution in [0.5, 0.6) is 0 Å². The predicted octanol–water partition coefficient (Wildman–Crippen LogP) is 2.14. The van der Waals surface area contributed by atoms with Gasteiger partial charge in [-0.2, -0.15) is 13.2 Å². The average Bonchev–Trinajstić information content (AvgIpc) is 1.62. The van der Waals surface area contributed by atoms with E-state index in [0.717, 1.165) is 6.92 Å². The second kappa shape index (κ2) is 2.21. The summed E-state index contributed by atoms with van der Waals surface area (Å²) in [6, 6.07) is 0. The zero-order chi connectivity index (χ0) is 7.65. The fraction of sp³-hybridized carbons (Fsp3) is 0.400. The molecule has 52 valence electrons. The molecule has 1 N–H and O–H groups in total. The van der Waals surface area contributed by atoms with Gasteiger partial charge in [-0.05, 0) is 6.92 Å². The van der Waals surface area contributed by atoms with E-state index >= 15 is 0 Å². The van der Waals surface area contributed by atoms with E-state index in [1.165, 1.54) is 0 Å². The van der Waals surface area contributed by atoms with Crippen LogP contribution in [0.1, 0.15) is 6.92 Å². The standard InChI is InChI=1S/C5H6F3N/c1-3(4(2)9)5(6,7)8/h9H,1H2,2H3. The van der Waals surface area contributed by atoms with Gasteiger partial charge >= 0.3 is 6.18 Å². The van der Waals surface area contributed by atoms with Crippen LogP contribution in [-0.2, 0) is 0 Å². The van der Waals surface area contributed by atoms with Crippen molar-refractivity contribution in [2.75, 3.05) is 0 Å². The lowest BCUT2D eigenvalue weighted by molar-refractivity contribution is -0.0857. The summed E-state index contributed by atoms with van der Waals surface area (Å²) in [5.41, 5.74) is -1.62. The number of halogens is 3. The van der Waals surface area contributed by atoms with Crippen LogP contribution < -0.4 is 0 Å². The van der Waals surface area contributed by atoms with Crippen LogP contribution >= 0.6 is 0 Å². The molecule has 0 unspecified atom stereocenters. The smallest absolute Gasteiger partial charge is 0.305 e. The van der Waals surface area contributed by atoms with Crippen molar-refractivity contribution in [1.82, 2.24) is 0 Å². The maximum absolute atomic E-state index is 11.5. The molecule has 0 aromatic rings. The average molecular weight is 137 g/mol. The molecule has 0 saturated heterocycles. The Hall–Kier alpha value is -0.800. The quantitative estimate of drug-likeness (QED) is 0.535. The molecule has 4 heteroatoms. The minimum atomic E-state index is -4.44. The van der Waals surface area contributed by atoms with Gasteiger partial charge in [-0.3, -0.25) is 0 Å². The van der Waals surface area contributed by atoms with E-state index in [9.17, 15) is 13.2 Å². The summed E-state index contributed by atoms with van der Waals surface area (Å²) in [6.45, 7) is 3.73. The maximum Gasteiger partial charge on any atom is 0.417 e. The lowest BCUT2D eigenvalue weighted by Crippen LogP contribution is -2.15. The fourth-order valence-corrected chi connectivity index (χ4v) is 0.213. The lowest BCUT2D eigenvalue weighted by atomic mass is 10.2. The van der Waals surface area contributed by atoms with Crippen molar-refractivity contribution < 1.29 is 13.2 Å². The van der Waals surface area contributed by atoms with Gasteiger partial charge in [0.25, 0.3) is 0 Å². The maximum atomic E-state index is 11.5. The Bertz CT molecular complexity index is 145. The van der Waals surface area contributed by atoms with Gasteiger partial charge in [0.15, 0.2) is 0 Å². The number of nitrogens with one attached hydrogen (secondary N) is 1. The number of hydrogen-bond acceptors (Lipinski definition) is 1. The molecule has 0 spiro atoms. The van der Waals surface area contributed by atoms with Gasteiger partial charge in [0.05, 0.1) is 5.57 Å². The van der Waals surface area contributed by atoms with Gasteiger partial charge in [-0.15, -0.1) is 0 Å². The van der Waals surface area contributed by atoms with Crippen molar-refractivity contribution >= 4 is 5.71 Å². The van der Waals surface area contributed by atoms with Crippen molar-refractivity contribution in [3.05, 3.63) is 12.2 Å². The van der Waals surface area contributed by atoms with Crippen LogP contribution in [-0.4, -0.2) is 11.9 Å². The third-order valence-electron chi connectivity index (χ3n) is 0.795. The Labute approximate surface area is 50.7 Å². The SMILES string of the molecule is C=C(C(C)=N)C(F)(F)F. The summed E-state index contributed by atoms with van der Waals surface area (Å²) in [6.07, 6.45) is -4.44. The first-order valence-electron chi connectivity index (χ1n) is 2.17. The molecule has 0 fully saturated rings. The highest BCUT2D eigenvalue weighted by molar-refractivity contribution is 5.96. The van der Waals surface area contributed by atoms with E-state index < -0.39 is 17.5 Å². The zero-order valence-electron chi connectivity index (χ0n) is 4.84. The summed E-state index contributed by atoms with van der Waals surface area (Å²) >= 11 is 0. The van der Waals surface area contributed by atoms with Crippen LogP contribution in [0.15, 0.2) is 12.2 Å². The molecule has 0 bridgehead atoms. The largest absolute Gasteiger partial charge is 0.417 e. The summed E-state index contributed by atoms with van der Waals surface area (Å²) in [4.78, 5) is 0. The Morgan fingerprint density at radius 1 is 1.44 bits per heavy atom. The zero-order valence-corrected chi connectivity index (χ0v) is 4.84. The second-order valence-electron chi connectivity index (χ2n) is 1.60. The van der Waals surface area contributed by atoms with Crippen molar-refractivity contribution in [1.29, 1.82) is 5.41 Å². The third kappa shape index (κ3) is 2.30. The highest BCUT2D eigenvalue weighted by atomic mass is 19.4. The number of hydrogen-bond donors (Lipinski definition) is 1. The molecule has 1 nitrogen and oxygen atoms in total. The normalized spacial score (nSPS) is 11.1. The first-order chi connectivity index (χ1) is 3.85. The van der Waals surface area contributed by atoms with Crippen molar-refractivity contribution in [3.63, 3.8) is 0 Å². The molecule has 0 amide bonds. The van der Waals surface area contributed by atoms with E-state index in [0.29, 0.717) is 0 Å². The van der Waals surface area contributed by atoms with Crippen LogP contribution in [0.2, 0.25) is 0 Å². The molecule has 0 aromatic heterocycles. The van der Waals surface area contributed by atoms with Gasteiger partial charge in [0, 0.05) is 5.71 Å². The van der Waals surface area contributed by atoms with E-state index in [2.05, 4.69) is 6.58 Å². The van der Waals surface area contributed by atoms with Gasteiger partial charge in [0.2, 0.25) is 0 Å². The molecular formula is C5H6F3N. The molecule has 0 saturated carbocycles. The monoisotopic (exact) mass is 137 g/mol. The summed E-state index contributed by atoms with van der Waals surface area (Å²) < 4.78 is 34.4. The predicted molar refractivity (Wildman–Crippen MR) is 28.6 cm³/mol. The van der Waals surface area contributed by atoms with Crippen molar-refractivity contribution in [3.8, 4) is 0 Å². The topological polar surface area (TPSA) is 23.9 Å². The Morgan fingerprint density at radius 3 is 1.78 bits per heavy atom. The molecule has 0 rings (SSSR count). The summed E-state index contributed by atoms with van der Waals surface area (Å²) in [5, 5.41) is 6.54. The van der Waals surface area contributed by atoms with Gasteiger partial charge in [-0.25, -0.2) is 0 Å². The highest BCUT2D eigenvalue weighted by Gasteiger charge is 2.32. The summed E-state index contributed by atoms with van der Waals surface area (Å²) in [7, 11) is 0. The Kier molecular flexibility index (Phi) is 2.01. The van der Waals surface area contributed by atoms with E-state index in [-0.39, 0.29) is 0 Å². The Morgan fingerprint density at radius 2 is 1.78 bits per heavy atom. The molecule has 9 heavy (non-hydrogen) atoms. The molecule has 0 aromatic carbocycles. The minimum absolute atomic E-state index is 0.539. The van der Waals surface area contributed by atoms with Gasteiger partial charge in [-0.1, -0.05) is 6.58 Å². The first kappa shape index (κ1) is 8.20. The lowest BCUT2D eigenvalue weighted by Gasteiger charge is -2.06. The van der Waals surface area contributed by atoms with E-state index in [4.69, 9.17) is 5.41 Å². The molecule has 0 aliphatic heterocycles. The highest BCUT2D eigenvalue weighted by Crippen LogP contribution is 2.24. The van der Waals surface area contributed by atoms with Crippen LogP contribution in [0.4, 0.5) is 13.2 Å². The number of allylic oxidation sites excluding steroid dienone is 1. The van der Waals surface area contributed by atoms with E-state index in [1.807, 2.05) is 0 Å². The molecule has 0 radical (unpaired) electrons. The van der Waals surface area contributed by atoms with Gasteiger partial charge < -0.3 is 5.41 Å². The van der Waals surface area contributed by atoms with E-state index in [1.54, 1.807) is 0 Å². The molecule has 0 atom stereocenters. The van der Waals surface area contributed by atoms with Crippen LogP contribution in [0.3, 0.4) is 0 Å². The number of rotatable bonds is 1. The third-order valence-corrected chi connectivity index (χ3v) is 0.795. The molecule has 0 heterocycles. The Balaban J connectivity index is 4.23. The van der Waals surface area contributed by atoms with Crippen molar-refractivity contribution in [2.24, 2.45) is 0 Å². The minimum Gasteiger partial charge on any atom is -0.305 e. The fourth-order valence-electron chi connectivity index (χ4n) is 0.213. The molecule has 0 aliphatic rings. The second-order valence-corrected chi connectivity index (χ2v) is 1.60. The summed E-state index contributed by atoms with van der Waals surface area (Å²) in [5.74, 6) is 0. The van der Waals surface area contributed by atoms with Crippen LogP contribution in [0, 0.1) is 5.41 Å². The van der Waals surface area contributed by atoms with Crippen LogP contribution in [0.25, 0.3) is 0 Å². The first-order valence-corrected chi connectivity index (χ1v) is 2.17. The molecule has 0 aliphatic carbocycles. The molecular weight excluding hydrogens is 131 g/mol. The number of alkyl halides is 3. The van der Waals surface area contributed by atoms with Crippen molar-refractivity contribution in [2.45, 2.75) is 13.1 Å². The van der Waals surface area contributed by atoms with Gasteiger partial charge in [0.1, 0.15) is 0 Å².